The van der Waals surface area contributed by atoms with E-state index in [9.17, 15) is 42.3 Å². The van der Waals surface area contributed by atoms with Gasteiger partial charge in [-0.2, -0.15) is 0 Å². The van der Waals surface area contributed by atoms with Gasteiger partial charge in [0.1, 0.15) is 24.3 Å². The third-order valence-electron chi connectivity index (χ3n) is 8.73. The summed E-state index contributed by atoms with van der Waals surface area (Å²) >= 11 is 0. The molecule has 0 saturated carbocycles. The van der Waals surface area contributed by atoms with Gasteiger partial charge in [-0.25, -0.2) is 22.9 Å². The SMILES string of the molecule is C[C@@H](O)[C@H](NC(=O)[C@H](CCCCN)N(C(=O)OCCS(C)(=O)=O)C(=O)[C@@](N)(Cc1c[nH]c2ccccc12)C(=O)OC(C)(C)C)C(=O)N[C@H]([C]=O)Cc1ccccc1. The van der Waals surface area contributed by atoms with Crippen LogP contribution in [0.2, 0.25) is 0 Å². The number of amides is 4. The number of aliphatic hydroxyl groups is 1. The topological polar surface area (TPSA) is 270 Å². The first-order valence-electron chi connectivity index (χ1n) is 18.4. The fourth-order valence-corrected chi connectivity index (χ4v) is 6.23. The number of fused-ring (bicyclic) bond motifs is 1. The van der Waals surface area contributed by atoms with Crippen molar-refractivity contribution in [3.63, 3.8) is 0 Å². The lowest BCUT2D eigenvalue weighted by atomic mass is 9.88. The number of carbonyl (C=O) groups excluding carboxylic acids is 6. The number of hydrogen-bond donors (Lipinski definition) is 6. The predicted molar refractivity (Wildman–Crippen MR) is 211 cm³/mol. The Kier molecular flexibility index (Phi) is 16.5. The van der Waals surface area contributed by atoms with Gasteiger partial charge in [0.15, 0.2) is 15.4 Å². The van der Waals surface area contributed by atoms with E-state index in [1.54, 1.807) is 60.9 Å². The van der Waals surface area contributed by atoms with E-state index in [0.29, 0.717) is 33.4 Å². The van der Waals surface area contributed by atoms with Crippen LogP contribution in [-0.4, -0.2) is 120 Å². The first kappa shape index (κ1) is 46.2. The molecule has 5 atom stereocenters. The molecule has 0 unspecified atom stereocenters. The molecule has 0 aliphatic rings. The number of benzene rings is 2. The van der Waals surface area contributed by atoms with Gasteiger partial charge in [-0.3, -0.25) is 19.2 Å². The van der Waals surface area contributed by atoms with Crippen LogP contribution in [0, 0.1) is 0 Å². The third kappa shape index (κ3) is 13.5. The Morgan fingerprint density at radius 1 is 0.982 bits per heavy atom. The van der Waals surface area contributed by atoms with Crippen molar-refractivity contribution in [2.24, 2.45) is 11.5 Å². The van der Waals surface area contributed by atoms with Crippen LogP contribution >= 0.6 is 0 Å². The fraction of sp³-hybridized carbons (Fsp3) is 0.487. The van der Waals surface area contributed by atoms with Crippen molar-refractivity contribution in [1.29, 1.82) is 0 Å². The number of esters is 1. The Bertz CT molecular complexity index is 1980. The molecule has 3 rings (SSSR count). The van der Waals surface area contributed by atoms with Gasteiger partial charge in [0.2, 0.25) is 18.1 Å². The van der Waals surface area contributed by atoms with E-state index in [-0.39, 0.29) is 25.8 Å². The number of ether oxygens (including phenoxy) is 2. The highest BCUT2D eigenvalue weighted by Crippen LogP contribution is 2.27. The highest BCUT2D eigenvalue weighted by Gasteiger charge is 2.52. The standard InChI is InChI=1S/C39H53N6O11S/c1-25(47)32(34(49)43-28(24-46)21-26-13-7-6-8-14-26)44-33(48)31(17-11-12-18-40)45(37(52)55-19-20-57(5,53)54)35(50)39(41,36(51)56-38(2,3)4)22-27-23-42-30-16-10-9-15-29(27)30/h6-10,13-16,23,25,28,31-32,42,47H,11-12,17-22,40-41H2,1-5H3,(H,43,49)(H,44,48)/t25-,28+,31+,32+,39+/m1/s1. The number of imide groups is 1. The number of unbranched alkanes of at least 4 members (excludes halogenated alkanes) is 1. The third-order valence-corrected chi connectivity index (χ3v) is 9.64. The number of H-pyrrole nitrogens is 1. The van der Waals surface area contributed by atoms with Crippen LogP contribution in [0.25, 0.3) is 10.9 Å². The normalized spacial score (nSPS) is 14.9. The van der Waals surface area contributed by atoms with E-state index in [1.807, 2.05) is 0 Å². The lowest BCUT2D eigenvalue weighted by Crippen LogP contribution is -2.68. The summed E-state index contributed by atoms with van der Waals surface area (Å²) in [4.78, 5) is 86.1. The molecular weight excluding hydrogens is 761 g/mol. The highest BCUT2D eigenvalue weighted by molar-refractivity contribution is 7.90. The average molecular weight is 814 g/mol. The molecular formula is C39H53N6O11S. The van der Waals surface area contributed by atoms with Crippen LogP contribution in [0.5, 0.6) is 0 Å². The summed E-state index contributed by atoms with van der Waals surface area (Å²) in [6, 6.07) is 10.9. The molecule has 1 radical (unpaired) electrons. The maximum atomic E-state index is 14.9. The van der Waals surface area contributed by atoms with E-state index >= 15 is 0 Å². The molecule has 3 aromatic rings. The van der Waals surface area contributed by atoms with Gasteiger partial charge in [0.05, 0.1) is 17.9 Å². The largest absolute Gasteiger partial charge is 0.458 e. The Balaban J connectivity index is 2.12. The second kappa shape index (κ2) is 20.3. The predicted octanol–water partition coefficient (Wildman–Crippen LogP) is 0.960. The molecule has 1 aromatic heterocycles. The zero-order valence-electron chi connectivity index (χ0n) is 32.8. The minimum Gasteiger partial charge on any atom is -0.458 e. The van der Waals surface area contributed by atoms with Crippen molar-refractivity contribution in [3.05, 3.63) is 71.9 Å². The lowest BCUT2D eigenvalue weighted by Gasteiger charge is -2.37. The number of nitrogens with two attached hydrogens (primary N) is 2. The summed E-state index contributed by atoms with van der Waals surface area (Å²) in [5.74, 6) is -5.48. The second-order valence-corrected chi connectivity index (χ2v) is 17.1. The average Bonchev–Trinajstić information content (AvgIpc) is 3.54. The molecule has 0 saturated heterocycles. The van der Waals surface area contributed by atoms with Crippen molar-refractivity contribution in [3.8, 4) is 0 Å². The van der Waals surface area contributed by atoms with Gasteiger partial charge in [0, 0.05) is 36.2 Å². The minimum absolute atomic E-state index is 0.0412. The molecule has 2 aromatic carbocycles. The van der Waals surface area contributed by atoms with Crippen molar-refractivity contribution in [2.45, 2.75) is 95.2 Å². The van der Waals surface area contributed by atoms with Gasteiger partial charge in [0.25, 0.3) is 5.91 Å². The molecule has 0 aliphatic carbocycles. The van der Waals surface area contributed by atoms with E-state index < -0.39 is 93.8 Å². The van der Waals surface area contributed by atoms with Gasteiger partial charge in [-0.05, 0) is 70.7 Å². The summed E-state index contributed by atoms with van der Waals surface area (Å²) < 4.78 is 34.7. The van der Waals surface area contributed by atoms with Crippen LogP contribution in [0.4, 0.5) is 4.79 Å². The van der Waals surface area contributed by atoms with Gasteiger partial charge < -0.3 is 41.7 Å². The second-order valence-electron chi connectivity index (χ2n) is 14.8. The maximum Gasteiger partial charge on any atom is 0.417 e. The number of nitrogens with one attached hydrogen (secondary N) is 3. The number of rotatable bonds is 20. The summed E-state index contributed by atoms with van der Waals surface area (Å²) in [6.45, 7) is 5.21. The first-order valence-corrected chi connectivity index (χ1v) is 20.4. The molecule has 4 amide bonds. The number of aliphatic hydroxyl groups excluding tert-OH is 1. The molecule has 57 heavy (non-hydrogen) atoms. The summed E-state index contributed by atoms with van der Waals surface area (Å²) in [5.41, 5.74) is 10.3. The monoisotopic (exact) mass is 813 g/mol. The Labute approximate surface area is 332 Å². The molecule has 0 bridgehead atoms. The Hall–Kier alpha value is -5.17. The molecule has 0 fully saturated rings. The number of aromatic amines is 1. The molecule has 17 nitrogen and oxygen atoms in total. The van der Waals surface area contributed by atoms with Crippen LogP contribution < -0.4 is 22.1 Å². The van der Waals surface area contributed by atoms with Gasteiger partial charge in [-0.1, -0.05) is 48.5 Å². The van der Waals surface area contributed by atoms with Crippen LogP contribution in [-0.2, 0) is 56.1 Å². The number of nitrogens with zero attached hydrogens (tertiary/aromatic N) is 1. The fourth-order valence-electron chi connectivity index (χ4n) is 5.85. The molecule has 311 valence electrons. The number of para-hydroxylation sites is 1. The first-order chi connectivity index (χ1) is 26.7. The summed E-state index contributed by atoms with van der Waals surface area (Å²) in [5, 5.41) is 16.1. The van der Waals surface area contributed by atoms with Crippen molar-refractivity contribution in [2.75, 3.05) is 25.2 Å². The lowest BCUT2D eigenvalue weighted by molar-refractivity contribution is -0.167. The minimum atomic E-state index is -3.68. The van der Waals surface area contributed by atoms with Crippen LogP contribution in [0.1, 0.15) is 58.1 Å². The Morgan fingerprint density at radius 3 is 2.23 bits per heavy atom. The quantitative estimate of drug-likeness (QED) is 0.0528. The number of sulfone groups is 1. The van der Waals surface area contributed by atoms with E-state index in [2.05, 4.69) is 15.6 Å². The highest BCUT2D eigenvalue weighted by atomic mass is 32.2. The van der Waals surface area contributed by atoms with Gasteiger partial charge >= 0.3 is 12.1 Å². The number of hydrogen-bond acceptors (Lipinski definition) is 13. The summed E-state index contributed by atoms with van der Waals surface area (Å²) in [7, 11) is -3.68. The van der Waals surface area contributed by atoms with Crippen molar-refractivity contribution < 1.29 is 51.8 Å². The maximum absolute atomic E-state index is 14.9. The molecule has 8 N–H and O–H groups in total. The molecule has 1 heterocycles. The molecule has 0 aliphatic heterocycles. The molecule has 0 spiro atoms. The van der Waals surface area contributed by atoms with Crippen molar-refractivity contribution >= 4 is 56.8 Å². The number of aromatic nitrogens is 1. The smallest absolute Gasteiger partial charge is 0.417 e. The molecule has 18 heteroatoms. The van der Waals surface area contributed by atoms with Crippen LogP contribution in [0.3, 0.4) is 0 Å². The van der Waals surface area contributed by atoms with E-state index in [4.69, 9.17) is 20.9 Å². The zero-order chi connectivity index (χ0) is 42.6. The summed E-state index contributed by atoms with van der Waals surface area (Å²) in [6.07, 6.45) is 0.657. The van der Waals surface area contributed by atoms with Crippen LogP contribution in [0.15, 0.2) is 60.8 Å². The number of carbonyl (C=O) groups is 5. The zero-order valence-corrected chi connectivity index (χ0v) is 33.6. The Morgan fingerprint density at radius 2 is 1.63 bits per heavy atom. The van der Waals surface area contributed by atoms with E-state index in [1.165, 1.54) is 33.9 Å². The van der Waals surface area contributed by atoms with Gasteiger partial charge in [-0.15, -0.1) is 0 Å². The van der Waals surface area contributed by atoms with E-state index in [0.717, 1.165) is 6.26 Å². The van der Waals surface area contributed by atoms with Crippen molar-refractivity contribution in [1.82, 2.24) is 20.5 Å².